The van der Waals surface area contributed by atoms with E-state index in [1.165, 1.54) is 55.5 Å². The van der Waals surface area contributed by atoms with Crippen LogP contribution in [0, 0.1) is 5.41 Å². The van der Waals surface area contributed by atoms with Gasteiger partial charge in [-0.15, -0.1) is 0 Å². The molecule has 0 amide bonds. The van der Waals surface area contributed by atoms with E-state index in [1.54, 1.807) is 5.57 Å². The van der Waals surface area contributed by atoms with Gasteiger partial charge < -0.3 is 4.65 Å². The third kappa shape index (κ3) is 2.49. The van der Waals surface area contributed by atoms with E-state index in [-0.39, 0.29) is 23.3 Å². The molecule has 1 aliphatic heterocycles. The molecule has 4 aromatic carbocycles. The number of rotatable bonds is 1. The molecule has 0 saturated carbocycles. The van der Waals surface area contributed by atoms with Crippen LogP contribution in [-0.4, -0.2) is 12.5 Å². The third-order valence-corrected chi connectivity index (χ3v) is 10.6. The van der Waals surface area contributed by atoms with Gasteiger partial charge in [0.1, 0.15) is 0 Å². The molecule has 1 unspecified atom stereocenters. The summed E-state index contributed by atoms with van der Waals surface area (Å²) in [6.07, 6.45) is 1.02. The van der Waals surface area contributed by atoms with Crippen LogP contribution in [0.3, 0.4) is 0 Å². The van der Waals surface area contributed by atoms with E-state index >= 15 is 0 Å². The highest BCUT2D eigenvalue weighted by Gasteiger charge is 2.58. The van der Waals surface area contributed by atoms with E-state index < -0.39 is 0 Å². The summed E-state index contributed by atoms with van der Waals surface area (Å²) in [5.41, 5.74) is 15.3. The molecule has 1 spiro atoms. The molecule has 8 rings (SSSR count). The average Bonchev–Trinajstić information content (AvgIpc) is 3.56. The van der Waals surface area contributed by atoms with Crippen LogP contribution in [0.4, 0.5) is 0 Å². The molecule has 2 heteroatoms. The minimum Gasteiger partial charge on any atom is -0.426 e. The number of benzene rings is 4. The molecule has 38 heavy (non-hydrogen) atoms. The molecule has 1 saturated heterocycles. The van der Waals surface area contributed by atoms with Crippen LogP contribution in [0.2, 0.25) is 6.32 Å². The number of fused-ring (bicyclic) bond motifs is 11. The lowest BCUT2D eigenvalue weighted by atomic mass is 9.52. The van der Waals surface area contributed by atoms with Gasteiger partial charge in [-0.2, -0.15) is 0 Å². The van der Waals surface area contributed by atoms with Gasteiger partial charge >= 0.3 is 6.92 Å². The number of hydrogen-bond acceptors (Lipinski definition) is 1. The second kappa shape index (κ2) is 7.18. The fraction of sp³-hybridized carbons (Fsp3) is 0.278. The van der Waals surface area contributed by atoms with Crippen LogP contribution in [0.15, 0.2) is 96.6 Å². The fourth-order valence-corrected chi connectivity index (χ4v) is 8.23. The third-order valence-electron chi connectivity index (χ3n) is 10.6. The highest BCUT2D eigenvalue weighted by molar-refractivity contribution is 6.69. The van der Waals surface area contributed by atoms with Crippen LogP contribution < -0.4 is 5.46 Å². The predicted molar refractivity (Wildman–Crippen MR) is 158 cm³/mol. The summed E-state index contributed by atoms with van der Waals surface area (Å²) in [4.78, 5) is 0. The molecule has 3 aliphatic carbocycles. The van der Waals surface area contributed by atoms with Crippen molar-refractivity contribution in [3.63, 3.8) is 0 Å². The van der Waals surface area contributed by atoms with Crippen LogP contribution in [0.1, 0.15) is 73.9 Å². The normalized spacial score (nSPS) is 22.3. The Labute approximate surface area is 226 Å². The lowest BCUT2D eigenvalue weighted by molar-refractivity contribution is 0.0375. The maximum Gasteiger partial charge on any atom is 0.328 e. The van der Waals surface area contributed by atoms with Crippen LogP contribution in [0.5, 0.6) is 0 Å². The van der Waals surface area contributed by atoms with Crippen molar-refractivity contribution in [2.75, 3.05) is 0 Å². The Balaban J connectivity index is 1.50. The first-order valence-electron chi connectivity index (χ1n) is 14.1. The summed E-state index contributed by atoms with van der Waals surface area (Å²) in [5.74, 6) is 0.332. The minimum atomic E-state index is -0.282. The minimum absolute atomic E-state index is 0.0776. The van der Waals surface area contributed by atoms with E-state index in [4.69, 9.17) is 4.65 Å². The molecule has 0 radical (unpaired) electrons. The Bertz CT molecular complexity index is 1640. The standard InChI is InChI=1S/C36H33BO/c1-22-23-13-6-7-16-26(23)31-32-29(19-12-20-30(32)37-21-34(2,3)35(4,5)38-37)36(33(22)31)27-17-10-8-14-24(27)25-15-9-11-18-28(25)36/h6-20,22H,21H2,1-5H3. The molecule has 1 heterocycles. The Morgan fingerprint density at radius 2 is 1.26 bits per heavy atom. The Morgan fingerprint density at radius 3 is 1.89 bits per heavy atom. The Kier molecular flexibility index (Phi) is 4.28. The summed E-state index contributed by atoms with van der Waals surface area (Å²) in [6.45, 7) is 11.7. The topological polar surface area (TPSA) is 9.23 Å². The first-order valence-corrected chi connectivity index (χ1v) is 14.1. The van der Waals surface area contributed by atoms with E-state index in [1.807, 2.05) is 0 Å². The summed E-state index contributed by atoms with van der Waals surface area (Å²) >= 11 is 0. The van der Waals surface area contributed by atoms with Crippen molar-refractivity contribution in [2.45, 2.75) is 57.9 Å². The molecule has 1 nitrogen and oxygen atoms in total. The van der Waals surface area contributed by atoms with Crippen molar-refractivity contribution in [1.29, 1.82) is 0 Å². The number of allylic oxidation sites excluding steroid dienone is 1. The van der Waals surface area contributed by atoms with Crippen molar-refractivity contribution in [3.8, 4) is 11.1 Å². The smallest absolute Gasteiger partial charge is 0.328 e. The molecule has 0 bridgehead atoms. The second-order valence-electron chi connectivity index (χ2n) is 12.9. The summed E-state index contributed by atoms with van der Waals surface area (Å²) in [7, 11) is 0. The van der Waals surface area contributed by atoms with Crippen molar-refractivity contribution in [2.24, 2.45) is 5.41 Å². The van der Waals surface area contributed by atoms with Crippen molar-refractivity contribution in [3.05, 3.63) is 130 Å². The zero-order valence-electron chi connectivity index (χ0n) is 22.9. The second-order valence-corrected chi connectivity index (χ2v) is 12.9. The van der Waals surface area contributed by atoms with Gasteiger partial charge in [-0.1, -0.05) is 112 Å². The monoisotopic (exact) mass is 492 g/mol. The summed E-state index contributed by atoms with van der Waals surface area (Å²) in [6, 6.07) is 34.4. The molecule has 0 aromatic heterocycles. The maximum absolute atomic E-state index is 6.91. The van der Waals surface area contributed by atoms with Gasteiger partial charge in [-0.25, -0.2) is 0 Å². The van der Waals surface area contributed by atoms with Gasteiger partial charge in [0.05, 0.1) is 11.0 Å². The van der Waals surface area contributed by atoms with E-state index in [9.17, 15) is 0 Å². The SMILES string of the molecule is CC1C2=C(c3ccccc31)c1c(B3CC(C)(C)C(C)(C)O3)cccc1C21c2ccccc2-c2ccccc21. The van der Waals surface area contributed by atoms with Crippen LogP contribution in [0.25, 0.3) is 16.7 Å². The van der Waals surface area contributed by atoms with Crippen LogP contribution in [-0.2, 0) is 10.1 Å². The number of hydrogen-bond donors (Lipinski definition) is 0. The first-order chi connectivity index (χ1) is 18.3. The Hall–Kier alpha value is -3.36. The molecule has 1 atom stereocenters. The van der Waals surface area contributed by atoms with Crippen molar-refractivity contribution in [1.82, 2.24) is 0 Å². The van der Waals surface area contributed by atoms with E-state index in [0.29, 0.717) is 5.92 Å². The zero-order chi connectivity index (χ0) is 26.0. The van der Waals surface area contributed by atoms with Gasteiger partial charge in [0, 0.05) is 5.92 Å². The molecule has 186 valence electrons. The lowest BCUT2D eigenvalue weighted by Gasteiger charge is -2.35. The fourth-order valence-electron chi connectivity index (χ4n) is 8.23. The molecule has 4 aromatic rings. The van der Waals surface area contributed by atoms with E-state index in [0.717, 1.165) is 6.32 Å². The Morgan fingerprint density at radius 1 is 0.684 bits per heavy atom. The van der Waals surface area contributed by atoms with Crippen molar-refractivity contribution >= 4 is 18.0 Å². The van der Waals surface area contributed by atoms with Crippen molar-refractivity contribution < 1.29 is 4.65 Å². The predicted octanol–water partition coefficient (Wildman–Crippen LogP) is 7.97. The highest BCUT2D eigenvalue weighted by atomic mass is 16.5. The quantitative estimate of drug-likeness (QED) is 0.245. The largest absolute Gasteiger partial charge is 0.426 e. The van der Waals surface area contributed by atoms with Gasteiger partial charge in [0.25, 0.3) is 0 Å². The lowest BCUT2D eigenvalue weighted by Crippen LogP contribution is -2.37. The van der Waals surface area contributed by atoms with Crippen LogP contribution >= 0.6 is 0 Å². The van der Waals surface area contributed by atoms with Gasteiger partial charge in [0.15, 0.2) is 0 Å². The van der Waals surface area contributed by atoms with Gasteiger partial charge in [-0.3, -0.25) is 0 Å². The molecular weight excluding hydrogens is 459 g/mol. The zero-order valence-corrected chi connectivity index (χ0v) is 22.9. The first kappa shape index (κ1) is 22.6. The summed E-state index contributed by atoms with van der Waals surface area (Å²) < 4.78 is 6.91. The average molecular weight is 492 g/mol. The molecule has 0 N–H and O–H groups in total. The molecule has 1 fully saturated rings. The highest BCUT2D eigenvalue weighted by Crippen LogP contribution is 2.67. The summed E-state index contributed by atoms with van der Waals surface area (Å²) in [5, 5.41) is 0. The van der Waals surface area contributed by atoms with E-state index in [2.05, 4.69) is 126 Å². The molecule has 4 aliphatic rings. The maximum atomic E-state index is 6.91. The van der Waals surface area contributed by atoms with Gasteiger partial charge in [0.2, 0.25) is 0 Å². The molecular formula is C36H33BO. The van der Waals surface area contributed by atoms with Gasteiger partial charge in [-0.05, 0) is 86.7 Å².